The van der Waals surface area contributed by atoms with E-state index >= 15 is 0 Å². The standard InChI is InChI=1S/C15H22O2/c1-6-13(15(16)17-5)9-14-11(3)7-10(2)8-12(14)4/h7-8,13H,6,9H2,1-5H3. The van der Waals surface area contributed by atoms with Gasteiger partial charge < -0.3 is 4.74 Å². The van der Waals surface area contributed by atoms with Crippen LogP contribution in [0.3, 0.4) is 0 Å². The van der Waals surface area contributed by atoms with Crippen LogP contribution in [-0.2, 0) is 16.0 Å². The third kappa shape index (κ3) is 3.32. The van der Waals surface area contributed by atoms with Gasteiger partial charge in [-0.25, -0.2) is 0 Å². The molecule has 0 N–H and O–H groups in total. The molecule has 0 saturated heterocycles. The molecule has 17 heavy (non-hydrogen) atoms. The molecule has 0 radical (unpaired) electrons. The highest BCUT2D eigenvalue weighted by molar-refractivity contribution is 5.72. The molecule has 1 aromatic carbocycles. The minimum Gasteiger partial charge on any atom is -0.469 e. The van der Waals surface area contributed by atoms with Crippen molar-refractivity contribution in [3.8, 4) is 0 Å². The Hall–Kier alpha value is -1.31. The minimum absolute atomic E-state index is 0.0277. The Balaban J connectivity index is 2.98. The highest BCUT2D eigenvalue weighted by atomic mass is 16.5. The van der Waals surface area contributed by atoms with Crippen molar-refractivity contribution >= 4 is 5.97 Å². The fourth-order valence-corrected chi connectivity index (χ4v) is 2.34. The summed E-state index contributed by atoms with van der Waals surface area (Å²) < 4.78 is 4.84. The largest absolute Gasteiger partial charge is 0.469 e. The maximum Gasteiger partial charge on any atom is 0.308 e. The van der Waals surface area contributed by atoms with Gasteiger partial charge in [0.25, 0.3) is 0 Å². The molecule has 2 heteroatoms. The molecule has 1 rings (SSSR count). The number of hydrogen-bond acceptors (Lipinski definition) is 2. The van der Waals surface area contributed by atoms with Crippen LogP contribution in [0.4, 0.5) is 0 Å². The van der Waals surface area contributed by atoms with Crippen LogP contribution in [0.25, 0.3) is 0 Å². The molecule has 1 unspecified atom stereocenters. The van der Waals surface area contributed by atoms with Crippen LogP contribution in [-0.4, -0.2) is 13.1 Å². The summed E-state index contributed by atoms with van der Waals surface area (Å²) in [5, 5.41) is 0. The Morgan fingerprint density at radius 3 is 2.18 bits per heavy atom. The second-order valence-electron chi connectivity index (χ2n) is 4.71. The lowest BCUT2D eigenvalue weighted by Gasteiger charge is -2.16. The molecule has 0 aliphatic heterocycles. The fraction of sp³-hybridized carbons (Fsp3) is 0.533. The summed E-state index contributed by atoms with van der Waals surface area (Å²) in [5.74, 6) is -0.132. The Labute approximate surface area is 104 Å². The Bertz CT molecular complexity index is 384. The van der Waals surface area contributed by atoms with Gasteiger partial charge in [0.05, 0.1) is 13.0 Å². The quantitative estimate of drug-likeness (QED) is 0.747. The van der Waals surface area contributed by atoms with Crippen molar-refractivity contribution in [3.05, 3.63) is 34.4 Å². The maximum absolute atomic E-state index is 11.6. The van der Waals surface area contributed by atoms with Crippen LogP contribution in [0.2, 0.25) is 0 Å². The average molecular weight is 234 g/mol. The number of carbonyl (C=O) groups excluding carboxylic acids is 1. The van der Waals surface area contributed by atoms with Crippen molar-refractivity contribution in [1.29, 1.82) is 0 Å². The summed E-state index contributed by atoms with van der Waals surface area (Å²) in [6.07, 6.45) is 1.60. The predicted octanol–water partition coefficient (Wildman–Crippen LogP) is 3.35. The molecule has 0 aliphatic carbocycles. The van der Waals surface area contributed by atoms with E-state index in [1.165, 1.54) is 29.4 Å². The molecule has 1 atom stereocenters. The molecule has 0 amide bonds. The molecule has 94 valence electrons. The van der Waals surface area contributed by atoms with Crippen molar-refractivity contribution in [1.82, 2.24) is 0 Å². The van der Waals surface area contributed by atoms with Crippen LogP contribution in [0, 0.1) is 26.7 Å². The van der Waals surface area contributed by atoms with Crippen LogP contribution in [0.1, 0.15) is 35.6 Å². The molecule has 1 aromatic rings. The van der Waals surface area contributed by atoms with E-state index in [1.54, 1.807) is 0 Å². The van der Waals surface area contributed by atoms with Crippen molar-refractivity contribution in [2.24, 2.45) is 5.92 Å². The summed E-state index contributed by atoms with van der Waals surface area (Å²) >= 11 is 0. The third-order valence-electron chi connectivity index (χ3n) is 3.32. The van der Waals surface area contributed by atoms with Crippen molar-refractivity contribution < 1.29 is 9.53 Å². The Morgan fingerprint density at radius 1 is 1.24 bits per heavy atom. The topological polar surface area (TPSA) is 26.3 Å². The molecule has 0 bridgehead atoms. The lowest BCUT2D eigenvalue weighted by molar-refractivity contribution is -0.145. The summed E-state index contributed by atoms with van der Waals surface area (Å²) in [5.41, 5.74) is 5.09. The Kier molecular flexibility index (Phi) is 4.73. The maximum atomic E-state index is 11.6. The summed E-state index contributed by atoms with van der Waals surface area (Å²) in [6.45, 7) is 8.35. The summed E-state index contributed by atoms with van der Waals surface area (Å²) in [6, 6.07) is 4.35. The number of ether oxygens (including phenoxy) is 1. The predicted molar refractivity (Wildman–Crippen MR) is 70.2 cm³/mol. The third-order valence-corrected chi connectivity index (χ3v) is 3.32. The highest BCUT2D eigenvalue weighted by Gasteiger charge is 2.19. The van der Waals surface area contributed by atoms with Crippen LogP contribution < -0.4 is 0 Å². The number of benzene rings is 1. The second-order valence-corrected chi connectivity index (χ2v) is 4.71. The molecule has 0 aromatic heterocycles. The van der Waals surface area contributed by atoms with E-state index in [1.807, 2.05) is 6.92 Å². The molecule has 0 heterocycles. The number of carbonyl (C=O) groups is 1. The zero-order chi connectivity index (χ0) is 13.0. The van der Waals surface area contributed by atoms with Gasteiger partial charge in [0.1, 0.15) is 0 Å². The smallest absolute Gasteiger partial charge is 0.308 e. The first-order valence-electron chi connectivity index (χ1n) is 6.14. The van der Waals surface area contributed by atoms with Gasteiger partial charge >= 0.3 is 5.97 Å². The van der Waals surface area contributed by atoms with E-state index in [2.05, 4.69) is 32.9 Å². The first-order valence-corrected chi connectivity index (χ1v) is 6.14. The lowest BCUT2D eigenvalue weighted by atomic mass is 9.90. The molecule has 0 fully saturated rings. The number of hydrogen-bond donors (Lipinski definition) is 0. The van der Waals surface area contributed by atoms with Crippen molar-refractivity contribution in [2.45, 2.75) is 40.5 Å². The van der Waals surface area contributed by atoms with E-state index in [4.69, 9.17) is 4.74 Å². The second kappa shape index (κ2) is 5.85. The van der Waals surface area contributed by atoms with Gasteiger partial charge in [-0.3, -0.25) is 4.79 Å². The van der Waals surface area contributed by atoms with Crippen LogP contribution >= 0.6 is 0 Å². The summed E-state index contributed by atoms with van der Waals surface area (Å²) in [4.78, 5) is 11.6. The normalized spacial score (nSPS) is 12.3. The van der Waals surface area contributed by atoms with Gasteiger partial charge in [-0.05, 0) is 50.3 Å². The fourth-order valence-electron chi connectivity index (χ4n) is 2.34. The molecule has 0 saturated carbocycles. The van der Waals surface area contributed by atoms with Gasteiger partial charge in [-0.2, -0.15) is 0 Å². The molecule has 2 nitrogen and oxygen atoms in total. The first-order chi connectivity index (χ1) is 7.99. The lowest BCUT2D eigenvalue weighted by Crippen LogP contribution is -2.18. The van der Waals surface area contributed by atoms with Gasteiger partial charge in [0.15, 0.2) is 0 Å². The summed E-state index contributed by atoms with van der Waals surface area (Å²) in [7, 11) is 1.46. The van der Waals surface area contributed by atoms with Gasteiger partial charge in [0, 0.05) is 0 Å². The van der Waals surface area contributed by atoms with E-state index in [0.29, 0.717) is 0 Å². The van der Waals surface area contributed by atoms with Gasteiger partial charge in [0.2, 0.25) is 0 Å². The van der Waals surface area contributed by atoms with E-state index < -0.39 is 0 Å². The Morgan fingerprint density at radius 2 is 1.76 bits per heavy atom. The number of rotatable bonds is 4. The minimum atomic E-state index is -0.105. The van der Waals surface area contributed by atoms with Crippen LogP contribution in [0.5, 0.6) is 0 Å². The van der Waals surface area contributed by atoms with Crippen LogP contribution in [0.15, 0.2) is 12.1 Å². The zero-order valence-corrected chi connectivity index (χ0v) is 11.5. The number of methoxy groups -OCH3 is 1. The monoisotopic (exact) mass is 234 g/mol. The van der Waals surface area contributed by atoms with E-state index in [-0.39, 0.29) is 11.9 Å². The van der Waals surface area contributed by atoms with Gasteiger partial charge in [-0.1, -0.05) is 24.6 Å². The first kappa shape index (κ1) is 13.8. The van der Waals surface area contributed by atoms with E-state index in [0.717, 1.165) is 12.8 Å². The van der Waals surface area contributed by atoms with Crippen molar-refractivity contribution in [2.75, 3.05) is 7.11 Å². The van der Waals surface area contributed by atoms with Gasteiger partial charge in [-0.15, -0.1) is 0 Å². The van der Waals surface area contributed by atoms with E-state index in [9.17, 15) is 4.79 Å². The molecular formula is C15H22O2. The zero-order valence-electron chi connectivity index (χ0n) is 11.5. The number of esters is 1. The highest BCUT2D eigenvalue weighted by Crippen LogP contribution is 2.22. The molecule has 0 spiro atoms. The molecule has 0 aliphatic rings. The number of aryl methyl sites for hydroxylation is 3. The SMILES string of the molecule is CCC(Cc1c(C)cc(C)cc1C)C(=O)OC. The molecular weight excluding hydrogens is 212 g/mol. The van der Waals surface area contributed by atoms with Crippen molar-refractivity contribution in [3.63, 3.8) is 0 Å². The average Bonchev–Trinajstić information content (AvgIpc) is 2.27.